The monoisotopic (exact) mass is 286 g/mol. The van der Waals surface area contributed by atoms with Gasteiger partial charge in [-0.2, -0.15) is 4.37 Å². The Morgan fingerprint density at radius 1 is 1.53 bits per heavy atom. The van der Waals surface area contributed by atoms with Crippen LogP contribution in [0.15, 0.2) is 27.4 Å². The molecule has 0 aliphatic rings. The highest BCUT2D eigenvalue weighted by Gasteiger charge is 2.16. The van der Waals surface area contributed by atoms with E-state index >= 15 is 0 Å². The first-order valence-corrected chi connectivity index (χ1v) is 6.54. The molecule has 0 fully saturated rings. The highest BCUT2D eigenvalue weighted by atomic mass is 35.5. The fourth-order valence-electron chi connectivity index (χ4n) is 1.21. The van der Waals surface area contributed by atoms with Gasteiger partial charge in [-0.3, -0.25) is 0 Å². The Hall–Kier alpha value is -1.11. The summed E-state index contributed by atoms with van der Waals surface area (Å²) in [6.45, 7) is 1.79. The van der Waals surface area contributed by atoms with Crippen LogP contribution in [0.3, 0.4) is 0 Å². The van der Waals surface area contributed by atoms with Gasteiger partial charge in [-0.25, -0.2) is 9.78 Å². The Bertz CT molecular complexity index is 571. The average molecular weight is 287 g/mol. The van der Waals surface area contributed by atoms with Crippen molar-refractivity contribution in [2.45, 2.75) is 16.2 Å². The van der Waals surface area contributed by atoms with Gasteiger partial charge in [0.1, 0.15) is 5.82 Å². The van der Waals surface area contributed by atoms with Crippen LogP contribution in [-0.4, -0.2) is 20.4 Å². The molecule has 0 atom stereocenters. The molecule has 2 aromatic rings. The Balaban J connectivity index is 2.39. The molecule has 4 nitrogen and oxygen atoms in total. The summed E-state index contributed by atoms with van der Waals surface area (Å²) >= 11 is 8.36. The van der Waals surface area contributed by atoms with E-state index in [0.29, 0.717) is 15.1 Å². The van der Waals surface area contributed by atoms with E-state index in [1.54, 1.807) is 25.1 Å². The third kappa shape index (κ3) is 2.77. The zero-order valence-corrected chi connectivity index (χ0v) is 11.1. The Kier molecular flexibility index (Phi) is 3.66. The van der Waals surface area contributed by atoms with Crippen molar-refractivity contribution in [2.75, 3.05) is 0 Å². The number of aromatic carboxylic acids is 1. The Morgan fingerprint density at radius 3 is 2.88 bits per heavy atom. The molecule has 0 amide bonds. The first-order valence-electron chi connectivity index (χ1n) is 4.58. The maximum absolute atomic E-state index is 11.1. The normalized spacial score (nSPS) is 10.5. The van der Waals surface area contributed by atoms with Crippen LogP contribution >= 0.6 is 34.9 Å². The number of aryl methyl sites for hydroxylation is 1. The minimum atomic E-state index is -1.04. The Labute approximate surface area is 111 Å². The van der Waals surface area contributed by atoms with Crippen molar-refractivity contribution in [1.82, 2.24) is 9.36 Å². The molecule has 0 bridgehead atoms. The van der Waals surface area contributed by atoms with Crippen molar-refractivity contribution >= 4 is 40.9 Å². The topological polar surface area (TPSA) is 63.1 Å². The second-order valence-corrected chi connectivity index (χ2v) is 5.58. The van der Waals surface area contributed by atoms with Gasteiger partial charge in [0.05, 0.1) is 10.6 Å². The van der Waals surface area contributed by atoms with Gasteiger partial charge >= 0.3 is 5.97 Å². The van der Waals surface area contributed by atoms with Crippen LogP contribution in [0.2, 0.25) is 5.02 Å². The van der Waals surface area contributed by atoms with Crippen molar-refractivity contribution in [3.8, 4) is 0 Å². The first kappa shape index (κ1) is 12.3. The van der Waals surface area contributed by atoms with E-state index in [0.717, 1.165) is 0 Å². The van der Waals surface area contributed by atoms with Gasteiger partial charge in [-0.05, 0) is 30.6 Å². The van der Waals surface area contributed by atoms with Crippen LogP contribution in [0.1, 0.15) is 16.2 Å². The van der Waals surface area contributed by atoms with Crippen molar-refractivity contribution in [1.29, 1.82) is 0 Å². The molecule has 1 N–H and O–H groups in total. The van der Waals surface area contributed by atoms with Crippen molar-refractivity contribution in [3.05, 3.63) is 34.6 Å². The number of carboxylic acid groups (broad SMARTS) is 1. The van der Waals surface area contributed by atoms with Crippen LogP contribution in [0.4, 0.5) is 0 Å². The summed E-state index contributed by atoms with van der Waals surface area (Å²) in [5.74, 6) is -0.365. The van der Waals surface area contributed by atoms with Crippen LogP contribution in [0, 0.1) is 6.92 Å². The summed E-state index contributed by atoms with van der Waals surface area (Å²) in [6, 6.07) is 4.97. The molecule has 1 aromatic heterocycles. The number of aromatic nitrogens is 2. The summed E-state index contributed by atoms with van der Waals surface area (Å²) < 4.78 is 4.74. The molecule has 88 valence electrons. The lowest BCUT2D eigenvalue weighted by Crippen LogP contribution is -1.99. The number of rotatable bonds is 3. The van der Waals surface area contributed by atoms with E-state index in [4.69, 9.17) is 16.7 Å². The highest BCUT2D eigenvalue weighted by molar-refractivity contribution is 8.01. The summed E-state index contributed by atoms with van der Waals surface area (Å²) in [6.07, 6.45) is 0. The minimum absolute atomic E-state index is 0.104. The molecule has 0 aliphatic carbocycles. The molecular weight excluding hydrogens is 280 g/mol. The summed E-state index contributed by atoms with van der Waals surface area (Å²) in [7, 11) is 0. The van der Waals surface area contributed by atoms with Gasteiger partial charge in [0, 0.05) is 4.90 Å². The van der Waals surface area contributed by atoms with Crippen LogP contribution in [-0.2, 0) is 0 Å². The van der Waals surface area contributed by atoms with Gasteiger partial charge in [0.15, 0.2) is 4.34 Å². The van der Waals surface area contributed by atoms with Gasteiger partial charge in [0.25, 0.3) is 0 Å². The summed E-state index contributed by atoms with van der Waals surface area (Å²) in [5, 5.41) is 9.32. The summed E-state index contributed by atoms with van der Waals surface area (Å²) in [4.78, 5) is 15.8. The van der Waals surface area contributed by atoms with E-state index < -0.39 is 5.97 Å². The average Bonchev–Trinajstić information content (AvgIpc) is 2.63. The van der Waals surface area contributed by atoms with Crippen LogP contribution in [0.5, 0.6) is 0 Å². The zero-order chi connectivity index (χ0) is 12.4. The van der Waals surface area contributed by atoms with E-state index in [2.05, 4.69) is 9.36 Å². The maximum atomic E-state index is 11.1. The molecule has 1 aromatic carbocycles. The quantitative estimate of drug-likeness (QED) is 0.937. The predicted octanol–water partition coefficient (Wildman–Crippen LogP) is 3.35. The number of carboxylic acids is 1. The first-order chi connectivity index (χ1) is 8.08. The largest absolute Gasteiger partial charge is 0.478 e. The maximum Gasteiger partial charge on any atom is 0.338 e. The number of hydrogen-bond donors (Lipinski definition) is 1. The van der Waals surface area contributed by atoms with Crippen molar-refractivity contribution < 1.29 is 9.90 Å². The SMILES string of the molecule is Cc1nsc(Sc2cccc(Cl)c2C(=O)O)n1. The molecule has 2 rings (SSSR count). The molecule has 1 heterocycles. The molecule has 7 heteroatoms. The fraction of sp³-hybridized carbons (Fsp3) is 0.100. The third-order valence-electron chi connectivity index (χ3n) is 1.90. The predicted molar refractivity (Wildman–Crippen MR) is 67.2 cm³/mol. The van der Waals surface area contributed by atoms with Crippen molar-refractivity contribution in [2.24, 2.45) is 0 Å². The third-order valence-corrected chi connectivity index (χ3v) is 4.11. The van der Waals surface area contributed by atoms with Gasteiger partial charge in [-0.1, -0.05) is 29.4 Å². The van der Waals surface area contributed by atoms with Crippen LogP contribution < -0.4 is 0 Å². The smallest absolute Gasteiger partial charge is 0.338 e. The molecule has 0 unspecified atom stereocenters. The van der Waals surface area contributed by atoms with Crippen LogP contribution in [0.25, 0.3) is 0 Å². The number of hydrogen-bond acceptors (Lipinski definition) is 5. The molecule has 0 radical (unpaired) electrons. The number of carbonyl (C=O) groups is 1. The van der Waals surface area contributed by atoms with Gasteiger partial charge in [-0.15, -0.1) is 0 Å². The highest BCUT2D eigenvalue weighted by Crippen LogP contribution is 2.34. The van der Waals surface area contributed by atoms with E-state index in [-0.39, 0.29) is 10.6 Å². The molecule has 17 heavy (non-hydrogen) atoms. The molecular formula is C10H7ClN2O2S2. The lowest BCUT2D eigenvalue weighted by molar-refractivity contribution is 0.0693. The second-order valence-electron chi connectivity index (χ2n) is 3.13. The number of halogens is 1. The van der Waals surface area contributed by atoms with E-state index in [1.165, 1.54) is 23.3 Å². The van der Waals surface area contributed by atoms with Gasteiger partial charge in [0.2, 0.25) is 0 Å². The standard InChI is InChI=1S/C10H7ClN2O2S2/c1-5-12-10(17-13-5)16-7-4-2-3-6(11)8(7)9(14)15/h2-4H,1H3,(H,14,15). The minimum Gasteiger partial charge on any atom is -0.478 e. The van der Waals surface area contributed by atoms with E-state index in [1.807, 2.05) is 0 Å². The number of benzene rings is 1. The Morgan fingerprint density at radius 2 is 2.29 bits per heavy atom. The zero-order valence-electron chi connectivity index (χ0n) is 8.68. The molecule has 0 saturated heterocycles. The summed E-state index contributed by atoms with van der Waals surface area (Å²) in [5.41, 5.74) is 0.104. The molecule has 0 saturated carbocycles. The molecule has 0 aliphatic heterocycles. The number of nitrogens with zero attached hydrogens (tertiary/aromatic N) is 2. The van der Waals surface area contributed by atoms with E-state index in [9.17, 15) is 4.79 Å². The van der Waals surface area contributed by atoms with Gasteiger partial charge < -0.3 is 5.11 Å². The lowest BCUT2D eigenvalue weighted by Gasteiger charge is -2.04. The lowest BCUT2D eigenvalue weighted by atomic mass is 10.2. The molecule has 0 spiro atoms. The second kappa shape index (κ2) is 5.03. The van der Waals surface area contributed by atoms with Crippen molar-refractivity contribution in [3.63, 3.8) is 0 Å². The fourth-order valence-corrected chi connectivity index (χ4v) is 3.29.